The van der Waals surface area contributed by atoms with Crippen LogP contribution in [0.25, 0.3) is 0 Å². The molecule has 3 nitrogen and oxygen atoms in total. The fourth-order valence-corrected chi connectivity index (χ4v) is 1.16. The molecule has 0 aliphatic rings. The molecule has 0 saturated carbocycles. The molecule has 0 amide bonds. The van der Waals surface area contributed by atoms with E-state index < -0.39 is 0 Å². The Labute approximate surface area is 85.8 Å². The van der Waals surface area contributed by atoms with Gasteiger partial charge in [-0.2, -0.15) is 0 Å². The van der Waals surface area contributed by atoms with Gasteiger partial charge in [0.05, 0.1) is 6.61 Å². The average Bonchev–Trinajstić information content (AvgIpc) is 2.15. The highest BCUT2D eigenvalue weighted by Gasteiger charge is 2.04. The van der Waals surface area contributed by atoms with Gasteiger partial charge in [0.2, 0.25) is 0 Å². The summed E-state index contributed by atoms with van der Waals surface area (Å²) in [5, 5.41) is 0. The topological polar surface area (TPSA) is 43.4 Å². The van der Waals surface area contributed by atoms with Crippen LogP contribution in [0.1, 0.15) is 52.4 Å². The van der Waals surface area contributed by atoms with Gasteiger partial charge in [0.1, 0.15) is 5.78 Å². The Morgan fingerprint density at radius 2 is 1.64 bits per heavy atom. The lowest BCUT2D eigenvalue weighted by molar-refractivity contribution is -0.143. The summed E-state index contributed by atoms with van der Waals surface area (Å²) in [6.45, 7) is 4.26. The van der Waals surface area contributed by atoms with E-state index in [1.54, 1.807) is 6.92 Å². The van der Waals surface area contributed by atoms with Gasteiger partial charge >= 0.3 is 5.97 Å². The second kappa shape index (κ2) is 8.73. The average molecular weight is 200 g/mol. The maximum absolute atomic E-state index is 11.2. The zero-order chi connectivity index (χ0) is 10.8. The molecular formula is C11H20O3. The third kappa shape index (κ3) is 7.77. The van der Waals surface area contributed by atoms with Crippen LogP contribution >= 0.6 is 0 Å². The summed E-state index contributed by atoms with van der Waals surface area (Å²) < 4.78 is 4.75. The molecule has 0 aliphatic carbocycles. The van der Waals surface area contributed by atoms with E-state index in [1.807, 2.05) is 0 Å². The molecule has 0 aromatic rings. The minimum atomic E-state index is -0.198. The molecule has 0 aromatic carbocycles. The fraction of sp³-hybridized carbons (Fsp3) is 0.818. The Hall–Kier alpha value is -0.860. The largest absolute Gasteiger partial charge is 0.466 e. The van der Waals surface area contributed by atoms with E-state index in [0.29, 0.717) is 32.3 Å². The number of ketones is 1. The van der Waals surface area contributed by atoms with Gasteiger partial charge in [-0.3, -0.25) is 9.59 Å². The molecule has 0 bridgehead atoms. The Balaban J connectivity index is 3.34. The van der Waals surface area contributed by atoms with Crippen molar-refractivity contribution in [2.75, 3.05) is 6.61 Å². The summed E-state index contributed by atoms with van der Waals surface area (Å²) in [6, 6.07) is 0. The Kier molecular flexibility index (Phi) is 8.19. The summed E-state index contributed by atoms with van der Waals surface area (Å²) in [7, 11) is 0. The number of esters is 1. The molecule has 0 unspecified atom stereocenters. The number of ether oxygens (including phenoxy) is 1. The van der Waals surface area contributed by atoms with Crippen LogP contribution in [-0.4, -0.2) is 18.4 Å². The number of carbonyl (C=O) groups is 2. The van der Waals surface area contributed by atoms with Crippen molar-refractivity contribution < 1.29 is 14.3 Å². The van der Waals surface area contributed by atoms with Crippen LogP contribution in [0.5, 0.6) is 0 Å². The summed E-state index contributed by atoms with van der Waals surface area (Å²) in [4.78, 5) is 22.1. The van der Waals surface area contributed by atoms with Gasteiger partial charge in [0.15, 0.2) is 0 Å². The monoisotopic (exact) mass is 200 g/mol. The number of rotatable bonds is 8. The SMILES string of the molecule is CCCCC(=O)CCCC(=O)OCC. The summed E-state index contributed by atoms with van der Waals surface area (Å²) in [5.74, 6) is 0.0620. The lowest BCUT2D eigenvalue weighted by atomic mass is 10.1. The molecular weight excluding hydrogens is 180 g/mol. The molecule has 82 valence electrons. The van der Waals surface area contributed by atoms with Gasteiger partial charge in [-0.15, -0.1) is 0 Å². The van der Waals surface area contributed by atoms with Crippen molar-refractivity contribution in [3.8, 4) is 0 Å². The van der Waals surface area contributed by atoms with E-state index in [1.165, 1.54) is 0 Å². The molecule has 0 N–H and O–H groups in total. The highest BCUT2D eigenvalue weighted by Crippen LogP contribution is 2.04. The molecule has 0 rings (SSSR count). The van der Waals surface area contributed by atoms with Crippen LogP contribution in [-0.2, 0) is 14.3 Å². The molecule has 0 heterocycles. The van der Waals surface area contributed by atoms with Crippen molar-refractivity contribution in [3.63, 3.8) is 0 Å². The van der Waals surface area contributed by atoms with Crippen molar-refractivity contribution in [1.29, 1.82) is 0 Å². The molecule has 3 heteroatoms. The second-order valence-electron chi connectivity index (χ2n) is 3.30. The Morgan fingerprint density at radius 3 is 2.21 bits per heavy atom. The van der Waals surface area contributed by atoms with Crippen molar-refractivity contribution in [2.45, 2.75) is 52.4 Å². The van der Waals surface area contributed by atoms with E-state index in [2.05, 4.69) is 6.92 Å². The summed E-state index contributed by atoms with van der Waals surface area (Å²) in [5.41, 5.74) is 0. The van der Waals surface area contributed by atoms with Gasteiger partial charge in [0, 0.05) is 19.3 Å². The minimum Gasteiger partial charge on any atom is -0.466 e. The maximum Gasteiger partial charge on any atom is 0.305 e. The third-order valence-electron chi connectivity index (χ3n) is 1.95. The van der Waals surface area contributed by atoms with E-state index >= 15 is 0 Å². The highest BCUT2D eigenvalue weighted by molar-refractivity contribution is 5.79. The van der Waals surface area contributed by atoms with Crippen LogP contribution in [0.4, 0.5) is 0 Å². The van der Waals surface area contributed by atoms with Gasteiger partial charge in [0.25, 0.3) is 0 Å². The molecule has 0 saturated heterocycles. The number of carbonyl (C=O) groups excluding carboxylic acids is 2. The smallest absolute Gasteiger partial charge is 0.305 e. The van der Waals surface area contributed by atoms with Crippen molar-refractivity contribution in [2.24, 2.45) is 0 Å². The first-order valence-electron chi connectivity index (χ1n) is 5.38. The lowest BCUT2D eigenvalue weighted by Crippen LogP contribution is -2.05. The van der Waals surface area contributed by atoms with Crippen LogP contribution in [0, 0.1) is 0 Å². The van der Waals surface area contributed by atoms with Crippen LogP contribution in [0.15, 0.2) is 0 Å². The molecule has 0 aliphatic heterocycles. The zero-order valence-electron chi connectivity index (χ0n) is 9.17. The van der Waals surface area contributed by atoms with E-state index in [9.17, 15) is 9.59 Å². The van der Waals surface area contributed by atoms with Gasteiger partial charge in [-0.25, -0.2) is 0 Å². The Morgan fingerprint density at radius 1 is 1.00 bits per heavy atom. The fourth-order valence-electron chi connectivity index (χ4n) is 1.16. The van der Waals surface area contributed by atoms with Gasteiger partial charge < -0.3 is 4.74 Å². The summed E-state index contributed by atoms with van der Waals surface area (Å²) in [6.07, 6.45) is 4.16. The lowest BCUT2D eigenvalue weighted by Gasteiger charge is -2.01. The summed E-state index contributed by atoms with van der Waals surface area (Å²) >= 11 is 0. The minimum absolute atomic E-state index is 0.198. The van der Waals surface area contributed by atoms with Gasteiger partial charge in [-0.05, 0) is 19.8 Å². The standard InChI is InChI=1S/C11H20O3/c1-3-5-7-10(12)8-6-9-11(13)14-4-2/h3-9H2,1-2H3. The molecule has 14 heavy (non-hydrogen) atoms. The molecule has 0 radical (unpaired) electrons. The first-order chi connectivity index (χ1) is 6.70. The van der Waals surface area contributed by atoms with Crippen LogP contribution in [0.3, 0.4) is 0 Å². The van der Waals surface area contributed by atoms with Crippen molar-refractivity contribution in [1.82, 2.24) is 0 Å². The van der Waals surface area contributed by atoms with Crippen molar-refractivity contribution >= 4 is 11.8 Å². The predicted octanol–water partition coefficient (Wildman–Crippen LogP) is 2.48. The number of hydrogen-bond acceptors (Lipinski definition) is 3. The first kappa shape index (κ1) is 13.1. The molecule has 0 aromatic heterocycles. The van der Waals surface area contributed by atoms with E-state index in [4.69, 9.17) is 4.74 Å². The molecule has 0 atom stereocenters. The molecule has 0 spiro atoms. The maximum atomic E-state index is 11.2. The van der Waals surface area contributed by atoms with E-state index in [-0.39, 0.29) is 11.8 Å². The highest BCUT2D eigenvalue weighted by atomic mass is 16.5. The van der Waals surface area contributed by atoms with Crippen LogP contribution in [0.2, 0.25) is 0 Å². The zero-order valence-corrected chi connectivity index (χ0v) is 9.17. The number of hydrogen-bond donors (Lipinski definition) is 0. The van der Waals surface area contributed by atoms with Gasteiger partial charge in [-0.1, -0.05) is 13.3 Å². The predicted molar refractivity (Wildman–Crippen MR) is 55.0 cm³/mol. The Bertz CT molecular complexity index is 175. The quantitative estimate of drug-likeness (QED) is 0.565. The third-order valence-corrected chi connectivity index (χ3v) is 1.95. The van der Waals surface area contributed by atoms with Crippen LogP contribution < -0.4 is 0 Å². The number of Topliss-reactive ketones (excluding diaryl/α,β-unsaturated/α-hetero) is 1. The number of unbranched alkanes of at least 4 members (excludes halogenated alkanes) is 1. The molecule has 0 fully saturated rings. The first-order valence-corrected chi connectivity index (χ1v) is 5.38. The second-order valence-corrected chi connectivity index (χ2v) is 3.30. The normalized spacial score (nSPS) is 9.86. The van der Waals surface area contributed by atoms with Crippen molar-refractivity contribution in [3.05, 3.63) is 0 Å². The van der Waals surface area contributed by atoms with E-state index in [0.717, 1.165) is 12.8 Å².